The van der Waals surface area contributed by atoms with Crippen LogP contribution in [0.2, 0.25) is 0 Å². The van der Waals surface area contributed by atoms with Gasteiger partial charge in [0, 0.05) is 17.0 Å². The van der Waals surface area contributed by atoms with Crippen LogP contribution in [0.15, 0.2) is 0 Å². The van der Waals surface area contributed by atoms with E-state index in [1.807, 2.05) is 34.6 Å². The van der Waals surface area contributed by atoms with Gasteiger partial charge in [0.05, 0.1) is 0 Å². The van der Waals surface area contributed by atoms with Gasteiger partial charge in [0.1, 0.15) is 0 Å². The maximum atomic E-state index is 11.2. The first kappa shape index (κ1) is 13.6. The summed E-state index contributed by atoms with van der Waals surface area (Å²) in [5.41, 5.74) is -0.826. The lowest BCUT2D eigenvalue weighted by Gasteiger charge is -2.45. The van der Waals surface area contributed by atoms with Crippen LogP contribution in [-0.4, -0.2) is 33.1 Å². The fourth-order valence-corrected chi connectivity index (χ4v) is 2.26. The predicted octanol–water partition coefficient (Wildman–Crippen LogP) is 3.17. The van der Waals surface area contributed by atoms with Crippen molar-refractivity contribution in [1.82, 2.24) is 4.90 Å². The summed E-state index contributed by atoms with van der Waals surface area (Å²) in [6, 6.07) is 0. The molecule has 3 nitrogen and oxygen atoms in total. The number of halogens is 1. The highest BCUT2D eigenvalue weighted by Gasteiger charge is 2.38. The molecule has 0 radical (unpaired) electrons. The summed E-state index contributed by atoms with van der Waals surface area (Å²) in [4.78, 5) is 12.6. The summed E-state index contributed by atoms with van der Waals surface area (Å²) < 4.78 is 0. The van der Waals surface area contributed by atoms with E-state index < -0.39 is 17.2 Å². The first-order valence-corrected chi connectivity index (χ1v) is 5.25. The van der Waals surface area contributed by atoms with Gasteiger partial charge in [0.2, 0.25) is 0 Å². The van der Waals surface area contributed by atoms with Crippen molar-refractivity contribution in [1.29, 1.82) is 0 Å². The molecule has 0 rings (SSSR count). The molecule has 0 bridgehead atoms. The van der Waals surface area contributed by atoms with Crippen LogP contribution in [0.5, 0.6) is 0 Å². The number of amides is 1. The van der Waals surface area contributed by atoms with E-state index >= 15 is 0 Å². The first-order chi connectivity index (χ1) is 6.13. The molecule has 0 aromatic rings. The molecular weight excluding hydrogens is 202 g/mol. The van der Waals surface area contributed by atoms with Gasteiger partial charge in [-0.1, -0.05) is 0 Å². The molecule has 0 spiro atoms. The molecule has 1 N–H and O–H groups in total. The van der Waals surface area contributed by atoms with Crippen molar-refractivity contribution in [3.05, 3.63) is 0 Å². The first-order valence-electron chi connectivity index (χ1n) is 4.72. The highest BCUT2D eigenvalue weighted by Crippen LogP contribution is 2.28. The highest BCUT2D eigenvalue weighted by atomic mass is 35.5. The fraction of sp³-hybridized carbons (Fsp3) is 0.900. The Labute approximate surface area is 91.0 Å². The van der Waals surface area contributed by atoms with E-state index in [1.54, 1.807) is 0 Å². The molecule has 1 amide bonds. The second kappa shape index (κ2) is 4.39. The van der Waals surface area contributed by atoms with Gasteiger partial charge >= 0.3 is 6.09 Å². The van der Waals surface area contributed by atoms with Gasteiger partial charge in [0.15, 0.2) is 0 Å². The molecule has 0 aliphatic heterocycles. The number of rotatable bonds is 3. The Morgan fingerprint density at radius 2 is 1.71 bits per heavy atom. The Morgan fingerprint density at radius 1 is 1.29 bits per heavy atom. The maximum Gasteiger partial charge on any atom is 0.408 e. The molecular formula is C10H20ClNO2. The fourth-order valence-electron chi connectivity index (χ4n) is 1.80. The lowest BCUT2D eigenvalue weighted by atomic mass is 9.93. The van der Waals surface area contributed by atoms with Crippen molar-refractivity contribution < 1.29 is 9.90 Å². The molecule has 14 heavy (non-hydrogen) atoms. The van der Waals surface area contributed by atoms with Crippen molar-refractivity contribution >= 4 is 17.7 Å². The quantitative estimate of drug-likeness (QED) is 0.744. The van der Waals surface area contributed by atoms with Crippen LogP contribution in [0.1, 0.15) is 41.0 Å². The standard InChI is InChI=1S/C10H20ClNO2/c1-9(2,3)12(8(13)14)10(4,5)6-7-11/h6-7H2,1-5H3,(H,13,14). The van der Waals surface area contributed by atoms with Crippen molar-refractivity contribution in [3.63, 3.8) is 0 Å². The van der Waals surface area contributed by atoms with E-state index in [-0.39, 0.29) is 0 Å². The predicted molar refractivity (Wildman–Crippen MR) is 59.0 cm³/mol. The van der Waals surface area contributed by atoms with E-state index in [0.29, 0.717) is 12.3 Å². The average molecular weight is 222 g/mol. The number of nitrogens with zero attached hydrogens (tertiary/aromatic N) is 1. The highest BCUT2D eigenvalue weighted by molar-refractivity contribution is 6.17. The van der Waals surface area contributed by atoms with Crippen LogP contribution in [0.4, 0.5) is 4.79 Å². The van der Waals surface area contributed by atoms with Crippen LogP contribution in [0.3, 0.4) is 0 Å². The van der Waals surface area contributed by atoms with Crippen LogP contribution >= 0.6 is 11.6 Å². The van der Waals surface area contributed by atoms with Crippen molar-refractivity contribution in [2.75, 3.05) is 5.88 Å². The minimum absolute atomic E-state index is 0.401. The van der Waals surface area contributed by atoms with E-state index in [1.165, 1.54) is 4.90 Å². The van der Waals surface area contributed by atoms with E-state index in [9.17, 15) is 4.79 Å². The largest absolute Gasteiger partial charge is 0.465 e. The topological polar surface area (TPSA) is 40.5 Å². The second-order valence-electron chi connectivity index (χ2n) is 5.04. The summed E-state index contributed by atoms with van der Waals surface area (Å²) in [6.07, 6.45) is -0.245. The summed E-state index contributed by atoms with van der Waals surface area (Å²) >= 11 is 5.67. The average Bonchev–Trinajstić information content (AvgIpc) is 1.78. The summed E-state index contributed by atoms with van der Waals surface area (Å²) in [7, 11) is 0. The monoisotopic (exact) mass is 221 g/mol. The van der Waals surface area contributed by atoms with Crippen LogP contribution in [0.25, 0.3) is 0 Å². The van der Waals surface area contributed by atoms with E-state index in [4.69, 9.17) is 16.7 Å². The molecule has 0 atom stereocenters. The van der Waals surface area contributed by atoms with Gasteiger partial charge in [0.25, 0.3) is 0 Å². The summed E-state index contributed by atoms with van der Waals surface area (Å²) in [5.74, 6) is 0.465. The zero-order valence-corrected chi connectivity index (χ0v) is 10.4. The Bertz CT molecular complexity index is 209. The molecule has 0 saturated heterocycles. The number of carbonyl (C=O) groups is 1. The normalized spacial score (nSPS) is 12.7. The maximum absolute atomic E-state index is 11.2. The third-order valence-corrected chi connectivity index (χ3v) is 2.36. The van der Waals surface area contributed by atoms with Crippen LogP contribution in [0, 0.1) is 0 Å². The van der Waals surface area contributed by atoms with Gasteiger partial charge in [-0.2, -0.15) is 0 Å². The number of hydrogen-bond donors (Lipinski definition) is 1. The molecule has 4 heteroatoms. The molecule has 0 saturated carbocycles. The molecule has 0 aliphatic carbocycles. The molecule has 0 fully saturated rings. The zero-order valence-electron chi connectivity index (χ0n) is 9.59. The van der Waals surface area contributed by atoms with Crippen LogP contribution < -0.4 is 0 Å². The molecule has 84 valence electrons. The van der Waals surface area contributed by atoms with Gasteiger partial charge in [-0.05, 0) is 41.0 Å². The van der Waals surface area contributed by atoms with Gasteiger partial charge in [-0.25, -0.2) is 4.79 Å². The minimum Gasteiger partial charge on any atom is -0.465 e. The van der Waals surface area contributed by atoms with Crippen molar-refractivity contribution in [2.24, 2.45) is 0 Å². The number of hydrogen-bond acceptors (Lipinski definition) is 1. The summed E-state index contributed by atoms with van der Waals surface area (Å²) in [5, 5.41) is 9.15. The van der Waals surface area contributed by atoms with Gasteiger partial charge in [-0.3, -0.25) is 4.90 Å². The van der Waals surface area contributed by atoms with Crippen molar-refractivity contribution in [2.45, 2.75) is 52.1 Å². The Hall–Kier alpha value is -0.440. The third-order valence-electron chi connectivity index (χ3n) is 2.17. The molecule has 0 aromatic carbocycles. The van der Waals surface area contributed by atoms with Crippen molar-refractivity contribution in [3.8, 4) is 0 Å². The molecule has 0 aromatic heterocycles. The Morgan fingerprint density at radius 3 is 1.93 bits per heavy atom. The van der Waals surface area contributed by atoms with E-state index in [0.717, 1.165) is 0 Å². The Balaban J connectivity index is 4.92. The van der Waals surface area contributed by atoms with E-state index in [2.05, 4.69) is 0 Å². The number of carboxylic acid groups (broad SMARTS) is 1. The van der Waals surface area contributed by atoms with Crippen LogP contribution in [-0.2, 0) is 0 Å². The lowest BCUT2D eigenvalue weighted by molar-refractivity contribution is 0.0319. The molecule has 0 aliphatic rings. The smallest absolute Gasteiger partial charge is 0.408 e. The van der Waals surface area contributed by atoms with Gasteiger partial charge in [-0.15, -0.1) is 11.6 Å². The SMILES string of the molecule is CC(C)(C)N(C(=O)O)C(C)(C)CCCl. The Kier molecular flexibility index (Phi) is 4.25. The lowest BCUT2D eigenvalue weighted by Crippen LogP contribution is -2.56. The summed E-state index contributed by atoms with van der Waals surface area (Å²) in [6.45, 7) is 9.45. The zero-order chi connectivity index (χ0) is 11.6. The number of alkyl halides is 1. The second-order valence-corrected chi connectivity index (χ2v) is 5.42. The minimum atomic E-state index is -0.896. The molecule has 0 unspecified atom stereocenters. The third kappa shape index (κ3) is 3.37. The molecule has 0 heterocycles. The van der Waals surface area contributed by atoms with Gasteiger partial charge < -0.3 is 5.11 Å².